The normalized spacial score (nSPS) is 9.68. The molecule has 0 aromatic heterocycles. The summed E-state index contributed by atoms with van der Waals surface area (Å²) in [5, 5.41) is 8.79. The summed E-state index contributed by atoms with van der Waals surface area (Å²) in [7, 11) is 1.38. The maximum absolute atomic E-state index is 11.4. The lowest BCUT2D eigenvalue weighted by atomic mass is 9.97. The van der Waals surface area contributed by atoms with E-state index in [2.05, 4.69) is 6.07 Å². The number of methoxy groups -OCH3 is 1. The van der Waals surface area contributed by atoms with E-state index in [0.717, 1.165) is 16.7 Å². The first-order valence-electron chi connectivity index (χ1n) is 5.90. The van der Waals surface area contributed by atoms with Crippen LogP contribution in [-0.4, -0.2) is 13.1 Å². The molecule has 0 radical (unpaired) electrons. The molecule has 0 saturated carbocycles. The fourth-order valence-electron chi connectivity index (χ4n) is 1.91. The summed E-state index contributed by atoms with van der Waals surface area (Å²) >= 11 is 0. The minimum Gasteiger partial charge on any atom is -0.469 e. The van der Waals surface area contributed by atoms with Crippen LogP contribution in [0.15, 0.2) is 48.5 Å². The van der Waals surface area contributed by atoms with Crippen molar-refractivity contribution in [2.45, 2.75) is 6.42 Å². The van der Waals surface area contributed by atoms with Gasteiger partial charge in [-0.15, -0.1) is 0 Å². The van der Waals surface area contributed by atoms with Gasteiger partial charge >= 0.3 is 5.97 Å². The molecular weight excluding hydrogens is 238 g/mol. The fourth-order valence-corrected chi connectivity index (χ4v) is 1.91. The minimum atomic E-state index is -0.263. The van der Waals surface area contributed by atoms with Crippen LogP contribution < -0.4 is 0 Å². The Labute approximate surface area is 112 Å². The standard InChI is InChI=1S/C16H13NO2/c1-19-16(18)10-14-4-2-3-5-15(14)13-8-6-12(11-17)7-9-13/h2-9H,10H2,1H3. The molecular formula is C16H13NO2. The molecule has 0 aliphatic rings. The molecule has 0 aliphatic heterocycles. The van der Waals surface area contributed by atoms with Gasteiger partial charge in [-0.1, -0.05) is 36.4 Å². The van der Waals surface area contributed by atoms with Gasteiger partial charge in [0.2, 0.25) is 0 Å². The van der Waals surface area contributed by atoms with Gasteiger partial charge in [0.1, 0.15) is 0 Å². The number of hydrogen-bond donors (Lipinski definition) is 0. The van der Waals surface area contributed by atoms with Gasteiger partial charge in [-0.2, -0.15) is 5.26 Å². The quantitative estimate of drug-likeness (QED) is 0.788. The molecule has 0 saturated heterocycles. The third-order valence-corrected chi connectivity index (χ3v) is 2.90. The minimum absolute atomic E-state index is 0.243. The second kappa shape index (κ2) is 5.83. The van der Waals surface area contributed by atoms with E-state index in [1.165, 1.54) is 7.11 Å². The zero-order valence-electron chi connectivity index (χ0n) is 10.6. The molecule has 0 bridgehead atoms. The highest BCUT2D eigenvalue weighted by molar-refractivity contribution is 5.78. The Morgan fingerprint density at radius 1 is 1.16 bits per heavy atom. The van der Waals surface area contributed by atoms with Crippen molar-refractivity contribution in [3.63, 3.8) is 0 Å². The van der Waals surface area contributed by atoms with Crippen LogP contribution in [0.25, 0.3) is 11.1 Å². The predicted octanol–water partition coefficient (Wildman–Crippen LogP) is 2.94. The van der Waals surface area contributed by atoms with E-state index in [1.54, 1.807) is 12.1 Å². The molecule has 2 rings (SSSR count). The highest BCUT2D eigenvalue weighted by Gasteiger charge is 2.09. The zero-order chi connectivity index (χ0) is 13.7. The smallest absolute Gasteiger partial charge is 0.309 e. The number of rotatable bonds is 3. The molecule has 2 aromatic rings. The van der Waals surface area contributed by atoms with Crippen LogP contribution in [-0.2, 0) is 16.0 Å². The first kappa shape index (κ1) is 12.8. The van der Waals surface area contributed by atoms with Gasteiger partial charge in [0.25, 0.3) is 0 Å². The van der Waals surface area contributed by atoms with Gasteiger partial charge in [-0.05, 0) is 28.8 Å². The van der Waals surface area contributed by atoms with Crippen LogP contribution >= 0.6 is 0 Å². The van der Waals surface area contributed by atoms with Crippen LogP contribution in [0.3, 0.4) is 0 Å². The van der Waals surface area contributed by atoms with Crippen LogP contribution in [0.5, 0.6) is 0 Å². The third kappa shape index (κ3) is 2.99. The number of nitrogens with zero attached hydrogens (tertiary/aromatic N) is 1. The van der Waals surface area contributed by atoms with Gasteiger partial charge in [0, 0.05) is 0 Å². The van der Waals surface area contributed by atoms with E-state index in [1.807, 2.05) is 36.4 Å². The molecule has 0 aliphatic carbocycles. The first-order chi connectivity index (χ1) is 9.24. The Morgan fingerprint density at radius 3 is 2.47 bits per heavy atom. The van der Waals surface area contributed by atoms with Crippen LogP contribution in [0.4, 0.5) is 0 Å². The van der Waals surface area contributed by atoms with Gasteiger partial charge in [0.05, 0.1) is 25.2 Å². The summed E-state index contributed by atoms with van der Waals surface area (Å²) in [5.41, 5.74) is 3.50. The molecule has 0 spiro atoms. The Balaban J connectivity index is 2.38. The van der Waals surface area contributed by atoms with E-state index in [4.69, 9.17) is 10.00 Å². The molecule has 0 unspecified atom stereocenters. The fraction of sp³-hybridized carbons (Fsp3) is 0.125. The lowest BCUT2D eigenvalue weighted by molar-refractivity contribution is -0.139. The molecule has 0 atom stereocenters. The van der Waals surface area contributed by atoms with Crippen molar-refractivity contribution in [3.8, 4) is 17.2 Å². The van der Waals surface area contributed by atoms with Crippen molar-refractivity contribution >= 4 is 5.97 Å². The predicted molar refractivity (Wildman–Crippen MR) is 72.3 cm³/mol. The molecule has 0 amide bonds. The van der Waals surface area contributed by atoms with E-state index in [0.29, 0.717) is 5.56 Å². The van der Waals surface area contributed by atoms with Crippen molar-refractivity contribution in [1.82, 2.24) is 0 Å². The Bertz CT molecular complexity index is 624. The Morgan fingerprint density at radius 2 is 1.84 bits per heavy atom. The maximum atomic E-state index is 11.4. The second-order valence-corrected chi connectivity index (χ2v) is 4.10. The van der Waals surface area contributed by atoms with Crippen molar-refractivity contribution in [1.29, 1.82) is 5.26 Å². The molecule has 94 valence electrons. The molecule has 19 heavy (non-hydrogen) atoms. The second-order valence-electron chi connectivity index (χ2n) is 4.10. The molecule has 0 heterocycles. The number of carbonyl (C=O) groups is 1. The summed E-state index contributed by atoms with van der Waals surface area (Å²) < 4.78 is 4.70. The van der Waals surface area contributed by atoms with Gasteiger partial charge in [0.15, 0.2) is 0 Å². The van der Waals surface area contributed by atoms with Gasteiger partial charge in [-0.25, -0.2) is 0 Å². The summed E-state index contributed by atoms with van der Waals surface area (Å²) in [6.45, 7) is 0. The van der Waals surface area contributed by atoms with Crippen LogP contribution in [0.1, 0.15) is 11.1 Å². The van der Waals surface area contributed by atoms with Crippen molar-refractivity contribution in [3.05, 3.63) is 59.7 Å². The summed E-state index contributed by atoms with van der Waals surface area (Å²) in [4.78, 5) is 11.4. The van der Waals surface area contributed by atoms with E-state index < -0.39 is 0 Å². The highest BCUT2D eigenvalue weighted by atomic mass is 16.5. The maximum Gasteiger partial charge on any atom is 0.309 e. The first-order valence-corrected chi connectivity index (χ1v) is 5.90. The number of esters is 1. The Kier molecular flexibility index (Phi) is 3.94. The number of nitriles is 1. The lowest BCUT2D eigenvalue weighted by Gasteiger charge is -2.08. The average Bonchev–Trinajstić information content (AvgIpc) is 2.48. The number of carbonyl (C=O) groups excluding carboxylic acids is 1. The van der Waals surface area contributed by atoms with Crippen molar-refractivity contribution in [2.24, 2.45) is 0 Å². The monoisotopic (exact) mass is 251 g/mol. The largest absolute Gasteiger partial charge is 0.469 e. The van der Waals surface area contributed by atoms with Crippen molar-refractivity contribution in [2.75, 3.05) is 7.11 Å². The van der Waals surface area contributed by atoms with Crippen LogP contribution in [0.2, 0.25) is 0 Å². The molecule has 3 heteroatoms. The molecule has 0 fully saturated rings. The number of ether oxygens (including phenoxy) is 1. The summed E-state index contributed by atoms with van der Waals surface area (Å²) in [5.74, 6) is -0.263. The van der Waals surface area contributed by atoms with Gasteiger partial charge < -0.3 is 4.74 Å². The topological polar surface area (TPSA) is 50.1 Å². The van der Waals surface area contributed by atoms with E-state index in [9.17, 15) is 4.79 Å². The number of hydrogen-bond acceptors (Lipinski definition) is 3. The summed E-state index contributed by atoms with van der Waals surface area (Å²) in [6, 6.07) is 17.1. The lowest BCUT2D eigenvalue weighted by Crippen LogP contribution is -2.05. The zero-order valence-corrected chi connectivity index (χ0v) is 10.6. The van der Waals surface area contributed by atoms with E-state index >= 15 is 0 Å². The average molecular weight is 251 g/mol. The molecule has 0 N–H and O–H groups in total. The highest BCUT2D eigenvalue weighted by Crippen LogP contribution is 2.24. The summed E-state index contributed by atoms with van der Waals surface area (Å²) in [6.07, 6.45) is 0.243. The van der Waals surface area contributed by atoms with Crippen LogP contribution in [0, 0.1) is 11.3 Å². The molecule has 2 aromatic carbocycles. The third-order valence-electron chi connectivity index (χ3n) is 2.90. The molecule has 3 nitrogen and oxygen atoms in total. The Hall–Kier alpha value is -2.60. The van der Waals surface area contributed by atoms with Gasteiger partial charge in [-0.3, -0.25) is 4.79 Å². The van der Waals surface area contributed by atoms with Crippen molar-refractivity contribution < 1.29 is 9.53 Å². The SMILES string of the molecule is COC(=O)Cc1ccccc1-c1ccc(C#N)cc1. The number of benzene rings is 2. The van der Waals surface area contributed by atoms with E-state index in [-0.39, 0.29) is 12.4 Å².